The van der Waals surface area contributed by atoms with Gasteiger partial charge in [-0.25, -0.2) is 0 Å². The molecule has 2 N–H and O–H groups in total. The number of hydrogen-bond donors (Lipinski definition) is 1. The minimum atomic E-state index is -4.39. The lowest BCUT2D eigenvalue weighted by Gasteiger charge is -2.18. The van der Waals surface area contributed by atoms with Crippen molar-refractivity contribution in [3.8, 4) is 5.75 Å². The second-order valence-corrected chi connectivity index (χ2v) is 4.07. The Labute approximate surface area is 91.2 Å². The highest BCUT2D eigenvalue weighted by molar-refractivity contribution is 5.43. The van der Waals surface area contributed by atoms with Crippen molar-refractivity contribution >= 4 is 0 Å². The van der Waals surface area contributed by atoms with Gasteiger partial charge in [-0.1, -0.05) is 6.07 Å². The summed E-state index contributed by atoms with van der Waals surface area (Å²) in [5.41, 5.74) is 4.50. The first-order chi connectivity index (χ1) is 7.37. The predicted molar refractivity (Wildman–Crippen MR) is 53.1 cm³/mol. The minimum absolute atomic E-state index is 0.167. The van der Waals surface area contributed by atoms with Crippen molar-refractivity contribution in [2.45, 2.75) is 24.6 Å². The van der Waals surface area contributed by atoms with Crippen LogP contribution in [0.5, 0.6) is 5.75 Å². The smallest absolute Gasteiger partial charge is 0.416 e. The zero-order valence-corrected chi connectivity index (χ0v) is 8.77. The van der Waals surface area contributed by atoms with Crippen LogP contribution in [0.15, 0.2) is 18.2 Å². The molecule has 0 heterocycles. The Kier molecular flexibility index (Phi) is 2.38. The molecule has 1 aromatic carbocycles. The molecule has 0 spiro atoms. The Morgan fingerprint density at radius 2 is 1.94 bits per heavy atom. The van der Waals surface area contributed by atoms with E-state index in [9.17, 15) is 13.2 Å². The van der Waals surface area contributed by atoms with Crippen molar-refractivity contribution in [1.29, 1.82) is 0 Å². The average Bonchev–Trinajstić information content (AvgIpc) is 2.95. The number of rotatable bonds is 2. The first-order valence-electron chi connectivity index (χ1n) is 4.91. The van der Waals surface area contributed by atoms with Crippen LogP contribution in [-0.2, 0) is 11.7 Å². The molecule has 0 atom stereocenters. The molecule has 0 aromatic heterocycles. The zero-order valence-electron chi connectivity index (χ0n) is 8.77. The summed E-state index contributed by atoms with van der Waals surface area (Å²) in [4.78, 5) is 0. The molecule has 0 aliphatic heterocycles. The van der Waals surface area contributed by atoms with Gasteiger partial charge >= 0.3 is 6.18 Å². The molecule has 1 aliphatic carbocycles. The van der Waals surface area contributed by atoms with Gasteiger partial charge in [-0.3, -0.25) is 0 Å². The average molecular weight is 231 g/mol. The predicted octanol–water partition coefficient (Wildman–Crippen LogP) is 2.66. The van der Waals surface area contributed by atoms with Crippen LogP contribution in [0.2, 0.25) is 0 Å². The summed E-state index contributed by atoms with van der Waals surface area (Å²) >= 11 is 0. The van der Waals surface area contributed by atoms with Crippen molar-refractivity contribution in [1.82, 2.24) is 0 Å². The standard InChI is InChI=1S/C11H12F3NO/c1-16-7-2-3-8(10(15)4-5-10)9(6-7)11(12,13)14/h2-3,6H,4-5,15H2,1H3. The van der Waals surface area contributed by atoms with E-state index < -0.39 is 17.3 Å². The largest absolute Gasteiger partial charge is 0.497 e. The van der Waals surface area contributed by atoms with E-state index in [1.54, 1.807) is 0 Å². The first kappa shape index (κ1) is 11.3. The monoisotopic (exact) mass is 231 g/mol. The fourth-order valence-electron chi connectivity index (χ4n) is 1.72. The quantitative estimate of drug-likeness (QED) is 0.849. The zero-order chi connectivity index (χ0) is 12.0. The van der Waals surface area contributed by atoms with Crippen molar-refractivity contribution in [3.05, 3.63) is 29.3 Å². The number of hydrogen-bond acceptors (Lipinski definition) is 2. The van der Waals surface area contributed by atoms with Gasteiger partial charge in [0, 0.05) is 5.54 Å². The van der Waals surface area contributed by atoms with E-state index in [0.29, 0.717) is 12.8 Å². The van der Waals surface area contributed by atoms with Gasteiger partial charge in [0.1, 0.15) is 5.75 Å². The van der Waals surface area contributed by atoms with E-state index in [2.05, 4.69) is 0 Å². The molecule has 16 heavy (non-hydrogen) atoms. The van der Waals surface area contributed by atoms with E-state index >= 15 is 0 Å². The third-order valence-corrected chi connectivity index (χ3v) is 2.86. The summed E-state index contributed by atoms with van der Waals surface area (Å²) in [6.07, 6.45) is -3.19. The third-order valence-electron chi connectivity index (χ3n) is 2.86. The number of ether oxygens (including phenoxy) is 1. The Bertz CT molecular complexity index is 410. The van der Waals surface area contributed by atoms with Gasteiger partial charge in [-0.15, -0.1) is 0 Å². The van der Waals surface area contributed by atoms with Crippen molar-refractivity contribution < 1.29 is 17.9 Å². The van der Waals surface area contributed by atoms with Gasteiger partial charge in [-0.05, 0) is 30.5 Å². The maximum Gasteiger partial charge on any atom is 0.416 e. The summed E-state index contributed by atoms with van der Waals surface area (Å²) in [5.74, 6) is 0.195. The molecule has 0 amide bonds. The van der Waals surface area contributed by atoms with E-state index in [4.69, 9.17) is 10.5 Å². The van der Waals surface area contributed by atoms with Crippen LogP contribution in [0.3, 0.4) is 0 Å². The maximum atomic E-state index is 12.8. The molecule has 5 heteroatoms. The van der Waals surface area contributed by atoms with Crippen LogP contribution in [0.4, 0.5) is 13.2 Å². The summed E-state index contributed by atoms with van der Waals surface area (Å²) in [6, 6.07) is 3.93. The molecule has 2 nitrogen and oxygen atoms in total. The van der Waals surface area contributed by atoms with Gasteiger partial charge in [0.25, 0.3) is 0 Å². The number of alkyl halides is 3. The molecular formula is C11H12F3NO. The summed E-state index contributed by atoms with van der Waals surface area (Å²) in [6.45, 7) is 0. The fourth-order valence-corrected chi connectivity index (χ4v) is 1.72. The second-order valence-electron chi connectivity index (χ2n) is 4.07. The van der Waals surface area contributed by atoms with E-state index in [1.165, 1.54) is 19.2 Å². The molecule has 88 valence electrons. The minimum Gasteiger partial charge on any atom is -0.497 e. The fraction of sp³-hybridized carbons (Fsp3) is 0.455. The van der Waals surface area contributed by atoms with Crippen LogP contribution < -0.4 is 10.5 Å². The van der Waals surface area contributed by atoms with E-state index in [0.717, 1.165) is 6.07 Å². The topological polar surface area (TPSA) is 35.2 Å². The Morgan fingerprint density at radius 3 is 2.38 bits per heavy atom. The maximum absolute atomic E-state index is 12.8. The number of benzene rings is 1. The number of halogens is 3. The van der Waals surface area contributed by atoms with Crippen molar-refractivity contribution in [2.24, 2.45) is 5.73 Å². The van der Waals surface area contributed by atoms with Crippen LogP contribution in [0.25, 0.3) is 0 Å². The molecular weight excluding hydrogens is 219 g/mol. The molecule has 2 rings (SSSR count). The van der Waals surface area contributed by atoms with Gasteiger partial charge in [-0.2, -0.15) is 13.2 Å². The molecule has 0 bridgehead atoms. The van der Waals surface area contributed by atoms with E-state index in [1.807, 2.05) is 0 Å². The molecule has 1 saturated carbocycles. The van der Waals surface area contributed by atoms with Crippen molar-refractivity contribution in [3.63, 3.8) is 0 Å². The highest BCUT2D eigenvalue weighted by Crippen LogP contribution is 2.48. The Hall–Kier alpha value is -1.23. The molecule has 0 unspecified atom stereocenters. The highest BCUT2D eigenvalue weighted by Gasteiger charge is 2.46. The molecule has 0 radical (unpaired) electrons. The van der Waals surface area contributed by atoms with Gasteiger partial charge in [0.05, 0.1) is 12.7 Å². The normalized spacial score (nSPS) is 18.3. The molecule has 1 aliphatic rings. The second kappa shape index (κ2) is 3.38. The van der Waals surface area contributed by atoms with Gasteiger partial charge in [0.15, 0.2) is 0 Å². The van der Waals surface area contributed by atoms with Gasteiger partial charge in [0.2, 0.25) is 0 Å². The Balaban J connectivity index is 2.52. The van der Waals surface area contributed by atoms with E-state index in [-0.39, 0.29) is 11.3 Å². The third kappa shape index (κ3) is 1.87. The lowest BCUT2D eigenvalue weighted by atomic mass is 9.98. The van der Waals surface area contributed by atoms with Crippen LogP contribution in [0.1, 0.15) is 24.0 Å². The SMILES string of the molecule is COc1ccc(C2(N)CC2)c(C(F)(F)F)c1. The van der Waals surface area contributed by atoms with Crippen LogP contribution in [-0.4, -0.2) is 7.11 Å². The molecule has 0 saturated heterocycles. The Morgan fingerprint density at radius 1 is 1.31 bits per heavy atom. The number of nitrogens with two attached hydrogens (primary N) is 1. The van der Waals surface area contributed by atoms with Crippen molar-refractivity contribution in [2.75, 3.05) is 7.11 Å². The first-order valence-corrected chi connectivity index (χ1v) is 4.91. The highest BCUT2D eigenvalue weighted by atomic mass is 19.4. The lowest BCUT2D eigenvalue weighted by molar-refractivity contribution is -0.138. The summed E-state index contributed by atoms with van der Waals surface area (Å²) < 4.78 is 43.2. The summed E-state index contributed by atoms with van der Waals surface area (Å²) in [7, 11) is 1.34. The van der Waals surface area contributed by atoms with Crippen LogP contribution >= 0.6 is 0 Å². The number of methoxy groups -OCH3 is 1. The molecule has 1 aromatic rings. The van der Waals surface area contributed by atoms with Gasteiger partial charge < -0.3 is 10.5 Å². The summed E-state index contributed by atoms with van der Waals surface area (Å²) in [5, 5.41) is 0. The van der Waals surface area contributed by atoms with Crippen LogP contribution in [0, 0.1) is 0 Å². The lowest BCUT2D eigenvalue weighted by Crippen LogP contribution is -2.23. The molecule has 1 fully saturated rings.